The van der Waals surface area contributed by atoms with Gasteiger partial charge in [-0.05, 0) is 54.4 Å². The number of nitrogens with one attached hydrogen (secondary N) is 1. The molecule has 2 aliphatic rings. The maximum atomic E-state index is 13.2. The highest BCUT2D eigenvalue weighted by molar-refractivity contribution is 6.09. The summed E-state index contributed by atoms with van der Waals surface area (Å²) in [6.07, 6.45) is 0. The predicted octanol–water partition coefficient (Wildman–Crippen LogP) is 5.24. The second kappa shape index (κ2) is 10.7. The van der Waals surface area contributed by atoms with E-state index in [9.17, 15) is 14.7 Å². The molecular formula is C33H32N3O4+. The van der Waals surface area contributed by atoms with E-state index in [2.05, 4.69) is 5.32 Å². The predicted molar refractivity (Wildman–Crippen MR) is 159 cm³/mol. The summed E-state index contributed by atoms with van der Waals surface area (Å²) in [6.45, 7) is 2.38. The summed E-state index contributed by atoms with van der Waals surface area (Å²) in [4.78, 5) is 27.6. The van der Waals surface area contributed by atoms with E-state index in [1.807, 2.05) is 105 Å². The van der Waals surface area contributed by atoms with Crippen molar-refractivity contribution in [2.45, 2.75) is 13.5 Å². The van der Waals surface area contributed by atoms with E-state index in [4.69, 9.17) is 4.42 Å². The van der Waals surface area contributed by atoms with Gasteiger partial charge in [-0.2, -0.15) is 0 Å². The number of benzene rings is 4. The molecule has 0 atom stereocenters. The Balaban J connectivity index is 1.71. The Labute approximate surface area is 233 Å². The summed E-state index contributed by atoms with van der Waals surface area (Å²) in [7, 11) is 7.81. The van der Waals surface area contributed by atoms with Crippen LogP contribution in [0.3, 0.4) is 0 Å². The number of aryl methyl sites for hydroxylation is 1. The van der Waals surface area contributed by atoms with Crippen molar-refractivity contribution >= 4 is 28.5 Å². The lowest BCUT2D eigenvalue weighted by Crippen LogP contribution is -2.23. The van der Waals surface area contributed by atoms with Gasteiger partial charge in [0.2, 0.25) is 5.36 Å². The zero-order valence-corrected chi connectivity index (χ0v) is 23.3. The second-order valence-electron chi connectivity index (χ2n) is 10.4. The normalized spacial score (nSPS) is 11.0. The van der Waals surface area contributed by atoms with Gasteiger partial charge in [0.1, 0.15) is 25.4 Å². The quantitative estimate of drug-likeness (QED) is 0.230. The summed E-state index contributed by atoms with van der Waals surface area (Å²) in [5.41, 5.74) is 6.11. The monoisotopic (exact) mass is 534 g/mol. The maximum absolute atomic E-state index is 13.2. The molecule has 0 radical (unpaired) electrons. The van der Waals surface area contributed by atoms with Crippen molar-refractivity contribution in [2.75, 3.05) is 33.1 Å². The third-order valence-electron chi connectivity index (χ3n) is 7.08. The van der Waals surface area contributed by atoms with E-state index in [0.717, 1.165) is 33.1 Å². The molecule has 2 N–H and O–H groups in total. The molecule has 3 aromatic carbocycles. The number of anilines is 1. The molecule has 202 valence electrons. The lowest BCUT2D eigenvalue weighted by Gasteiger charge is -2.19. The van der Waals surface area contributed by atoms with Gasteiger partial charge in [0, 0.05) is 60.5 Å². The summed E-state index contributed by atoms with van der Waals surface area (Å²) < 4.78 is 8.37. The molecule has 5 rings (SSSR count). The van der Waals surface area contributed by atoms with E-state index in [-0.39, 0.29) is 11.5 Å². The van der Waals surface area contributed by atoms with Gasteiger partial charge in [-0.3, -0.25) is 4.79 Å². The Hall–Kier alpha value is -4.91. The Bertz CT molecular complexity index is 1800. The van der Waals surface area contributed by atoms with Gasteiger partial charge in [-0.15, -0.1) is 0 Å². The fraction of sp³-hybridized carbons (Fsp3) is 0.182. The van der Waals surface area contributed by atoms with Gasteiger partial charge in [0.05, 0.1) is 11.6 Å². The molecule has 0 spiro atoms. The molecule has 3 aromatic rings. The molecule has 7 nitrogen and oxygen atoms in total. The van der Waals surface area contributed by atoms with Crippen LogP contribution in [0.25, 0.3) is 33.4 Å². The number of amides is 1. The Morgan fingerprint density at radius 1 is 0.900 bits per heavy atom. The largest absolute Gasteiger partial charge is 0.478 e. The Kier molecular flexibility index (Phi) is 7.13. The van der Waals surface area contributed by atoms with Crippen LogP contribution in [0, 0.1) is 6.92 Å². The third kappa shape index (κ3) is 5.18. The molecule has 0 saturated heterocycles. The number of carboxylic acids is 1. The first-order valence-electron chi connectivity index (χ1n) is 13.0. The molecule has 0 fully saturated rings. The van der Waals surface area contributed by atoms with Crippen LogP contribution in [-0.2, 0) is 6.54 Å². The van der Waals surface area contributed by atoms with Gasteiger partial charge in [0.15, 0.2) is 0 Å². The average Bonchev–Trinajstić information content (AvgIpc) is 2.94. The number of carbonyl (C=O) groups is 2. The van der Waals surface area contributed by atoms with Crippen molar-refractivity contribution in [1.29, 1.82) is 0 Å². The number of rotatable bonds is 6. The van der Waals surface area contributed by atoms with Gasteiger partial charge in [-0.25, -0.2) is 9.37 Å². The first-order chi connectivity index (χ1) is 19.1. The number of nitrogens with zero attached hydrogens (tertiary/aromatic N) is 2. The van der Waals surface area contributed by atoms with Crippen molar-refractivity contribution in [3.8, 4) is 22.5 Å². The number of fused-ring (bicyclic) bond motifs is 2. The molecule has 0 saturated carbocycles. The third-order valence-corrected chi connectivity index (χ3v) is 7.08. The molecule has 0 aromatic heterocycles. The van der Waals surface area contributed by atoms with Crippen molar-refractivity contribution in [2.24, 2.45) is 0 Å². The minimum atomic E-state index is -1.07. The molecule has 1 aliphatic heterocycles. The van der Waals surface area contributed by atoms with Crippen LogP contribution in [0.1, 0.15) is 31.8 Å². The lowest BCUT2D eigenvalue weighted by molar-refractivity contribution is 0.0697. The van der Waals surface area contributed by atoms with Crippen LogP contribution in [-0.4, -0.2) is 45.2 Å². The van der Waals surface area contributed by atoms with Crippen LogP contribution in [0.4, 0.5) is 5.69 Å². The summed E-state index contributed by atoms with van der Waals surface area (Å²) >= 11 is 0. The van der Waals surface area contributed by atoms with E-state index < -0.39 is 5.97 Å². The minimum absolute atomic E-state index is 0.109. The molecule has 1 amide bonds. The van der Waals surface area contributed by atoms with Crippen LogP contribution >= 0.6 is 0 Å². The van der Waals surface area contributed by atoms with Gasteiger partial charge < -0.3 is 19.7 Å². The van der Waals surface area contributed by atoms with Gasteiger partial charge in [-0.1, -0.05) is 29.8 Å². The van der Waals surface area contributed by atoms with E-state index >= 15 is 0 Å². The number of hydrogen-bond acceptors (Lipinski definition) is 4. The van der Waals surface area contributed by atoms with Crippen LogP contribution < -0.4 is 20.1 Å². The maximum Gasteiger partial charge on any atom is 0.336 e. The van der Waals surface area contributed by atoms with Gasteiger partial charge >= 0.3 is 5.97 Å². The number of carboxylic acid groups (broad SMARTS) is 1. The molecule has 40 heavy (non-hydrogen) atoms. The molecule has 7 heteroatoms. The molecule has 0 bridgehead atoms. The fourth-order valence-corrected chi connectivity index (χ4v) is 4.78. The smallest absolute Gasteiger partial charge is 0.336 e. The first kappa shape index (κ1) is 26.7. The topological polar surface area (TPSA) is 85.8 Å². The highest BCUT2D eigenvalue weighted by Gasteiger charge is 2.23. The highest BCUT2D eigenvalue weighted by atomic mass is 16.4. The Morgan fingerprint density at radius 2 is 1.65 bits per heavy atom. The van der Waals surface area contributed by atoms with Crippen molar-refractivity contribution in [1.82, 2.24) is 9.89 Å². The van der Waals surface area contributed by atoms with Crippen molar-refractivity contribution in [3.63, 3.8) is 0 Å². The molecular weight excluding hydrogens is 502 g/mol. The van der Waals surface area contributed by atoms with Crippen molar-refractivity contribution < 1.29 is 19.1 Å². The van der Waals surface area contributed by atoms with Crippen LogP contribution in [0.15, 0.2) is 83.3 Å². The molecule has 1 aliphatic carbocycles. The summed E-state index contributed by atoms with van der Waals surface area (Å²) in [5, 5.41) is 14.8. The van der Waals surface area contributed by atoms with E-state index in [1.54, 1.807) is 12.1 Å². The zero-order chi connectivity index (χ0) is 28.6. The fourth-order valence-electron chi connectivity index (χ4n) is 4.78. The lowest BCUT2D eigenvalue weighted by atomic mass is 9.89. The van der Waals surface area contributed by atoms with Gasteiger partial charge in [0.25, 0.3) is 5.91 Å². The standard InChI is InChI=1S/C33H31N3O4/c1-20-6-8-21(9-7-20)19-34-32(37)22-10-13-25(33(38)39)28(16-22)31-26-14-11-23(35(2)3)17-29(26)40-30-18-24(36(4)5)12-15-27(30)31/h6-18H,19H2,1-5H3,(H-,34,37,38,39)/p+1. The summed E-state index contributed by atoms with van der Waals surface area (Å²) in [6, 6.07) is 24.4. The minimum Gasteiger partial charge on any atom is -0.478 e. The number of hydrogen-bond donors (Lipinski definition) is 2. The van der Waals surface area contributed by atoms with Crippen LogP contribution in [0.2, 0.25) is 0 Å². The first-order valence-corrected chi connectivity index (χ1v) is 13.0. The number of carbonyl (C=O) groups excluding carboxylic acids is 1. The van der Waals surface area contributed by atoms with Crippen LogP contribution in [0.5, 0.6) is 0 Å². The molecule has 1 heterocycles. The zero-order valence-electron chi connectivity index (χ0n) is 23.3. The summed E-state index contributed by atoms with van der Waals surface area (Å²) in [5.74, 6) is -0.730. The SMILES string of the molecule is Cc1ccc(CNC(=O)c2ccc(C(=O)O)c(-c3c4ccc(=[N+](C)C)cc-4oc4cc(N(C)C)ccc34)c2)cc1. The average molecular weight is 535 g/mol. The van der Waals surface area contributed by atoms with E-state index in [1.165, 1.54) is 6.07 Å². The molecule has 0 unspecified atom stereocenters. The van der Waals surface area contributed by atoms with E-state index in [0.29, 0.717) is 34.6 Å². The van der Waals surface area contributed by atoms with Crippen molar-refractivity contribution in [3.05, 3.63) is 106 Å². The Morgan fingerprint density at radius 3 is 2.33 bits per heavy atom. The highest BCUT2D eigenvalue weighted by Crippen LogP contribution is 2.42. The second-order valence-corrected chi connectivity index (χ2v) is 10.4. The number of aromatic carboxylic acids is 1.